The summed E-state index contributed by atoms with van der Waals surface area (Å²) in [6.07, 6.45) is 5.50. The minimum atomic E-state index is 0. The Hall–Kier alpha value is -1.18. The predicted octanol–water partition coefficient (Wildman–Crippen LogP) is 1.33. The number of nitrogens with one attached hydrogen (secondary N) is 1. The van der Waals surface area contributed by atoms with Gasteiger partial charge in [-0.05, 0) is 18.1 Å². The minimum absolute atomic E-state index is 0. The Balaban J connectivity index is 0.000000720. The first kappa shape index (κ1) is 8.92. The maximum absolute atomic E-state index is 3.36. The molecule has 0 saturated carbocycles. The number of fused-ring (bicyclic) bond motifs is 1. The van der Waals surface area contributed by atoms with Gasteiger partial charge in [0.05, 0.1) is 8.41 Å². The molecule has 0 aliphatic carbocycles. The first-order chi connectivity index (χ1) is 5.47. The van der Waals surface area contributed by atoms with E-state index in [1.54, 1.807) is 0 Å². The molecule has 2 rings (SSSR count). The number of benzene rings is 1. The van der Waals surface area contributed by atoms with Crippen molar-refractivity contribution in [3.05, 3.63) is 35.9 Å². The van der Waals surface area contributed by atoms with Crippen molar-refractivity contribution in [1.82, 2.24) is 0 Å². The van der Waals surface area contributed by atoms with Crippen LogP contribution in [0.4, 0.5) is 5.69 Å². The highest BCUT2D eigenvalue weighted by Gasteiger charge is 1.98. The molecule has 2 heteroatoms. The summed E-state index contributed by atoms with van der Waals surface area (Å²) in [5, 5.41) is 3.36. The van der Waals surface area contributed by atoms with Crippen molar-refractivity contribution in [2.45, 2.75) is 6.42 Å². The number of anilines is 1. The summed E-state index contributed by atoms with van der Waals surface area (Å²) in [4.78, 5) is 0. The molecule has 1 nitrogen and oxygen atoms in total. The first-order valence-electron chi connectivity index (χ1n) is 3.96. The summed E-state index contributed by atoms with van der Waals surface area (Å²) in [6, 6.07) is 8.37. The summed E-state index contributed by atoms with van der Waals surface area (Å²) < 4.78 is 0. The third-order valence-electron chi connectivity index (χ3n) is 1.88. The Kier molecular flexibility index (Phi) is 2.97. The third-order valence-corrected chi connectivity index (χ3v) is 1.88. The molecule has 1 aromatic rings. The van der Waals surface area contributed by atoms with Gasteiger partial charge in [-0.3, -0.25) is 0 Å². The van der Waals surface area contributed by atoms with E-state index < -0.39 is 0 Å². The van der Waals surface area contributed by atoms with Gasteiger partial charge in [0.1, 0.15) is 0 Å². The Bertz CT molecular complexity index is 281. The van der Waals surface area contributed by atoms with E-state index in [4.69, 9.17) is 0 Å². The number of hydrogen-bond donors (Lipinski definition) is 1. The van der Waals surface area contributed by atoms with Crippen LogP contribution >= 0.6 is 0 Å². The fraction of sp³-hybridized carbons (Fsp3) is 0.200. The Morgan fingerprint density at radius 1 is 1.17 bits per heavy atom. The molecule has 0 radical (unpaired) electrons. The van der Waals surface area contributed by atoms with Crippen molar-refractivity contribution >= 4 is 20.2 Å². The molecule has 0 aromatic heterocycles. The summed E-state index contributed by atoms with van der Waals surface area (Å²) in [6.45, 7) is 1.05. The molecule has 1 aliphatic heterocycles. The smallest absolute Gasteiger partial charge is 0.0814 e. The van der Waals surface area contributed by atoms with Crippen LogP contribution in [0.5, 0.6) is 0 Å². The zero-order chi connectivity index (χ0) is 7.52. The van der Waals surface area contributed by atoms with E-state index in [1.807, 2.05) is 0 Å². The van der Waals surface area contributed by atoms with Gasteiger partial charge < -0.3 is 5.32 Å². The van der Waals surface area contributed by atoms with Gasteiger partial charge in [0.25, 0.3) is 0 Å². The molecule has 0 fully saturated rings. The largest absolute Gasteiger partial charge is 0.384 e. The van der Waals surface area contributed by atoms with Crippen molar-refractivity contribution < 1.29 is 0 Å². The highest BCUT2D eigenvalue weighted by Crippen LogP contribution is 2.18. The summed E-state index contributed by atoms with van der Waals surface area (Å²) in [5.74, 6) is 0. The Morgan fingerprint density at radius 3 is 2.92 bits per heavy atom. The fourth-order valence-electron chi connectivity index (χ4n) is 1.30. The van der Waals surface area contributed by atoms with Crippen molar-refractivity contribution in [1.29, 1.82) is 0 Å². The second-order valence-corrected chi connectivity index (χ2v) is 2.71. The molecule has 0 amide bonds. The van der Waals surface area contributed by atoms with Crippen LogP contribution in [-0.4, -0.2) is 15.0 Å². The maximum atomic E-state index is 3.36. The first-order valence-corrected chi connectivity index (χ1v) is 3.96. The van der Waals surface area contributed by atoms with E-state index in [2.05, 4.69) is 41.7 Å². The SMILES string of the molecule is B.C1=Cc2ccccc2NCC1. The topological polar surface area (TPSA) is 12.0 Å². The van der Waals surface area contributed by atoms with Crippen molar-refractivity contribution in [3.8, 4) is 0 Å². The number of hydrogen-bond acceptors (Lipinski definition) is 1. The van der Waals surface area contributed by atoms with Crippen molar-refractivity contribution in [2.24, 2.45) is 0 Å². The van der Waals surface area contributed by atoms with Crippen molar-refractivity contribution in [2.75, 3.05) is 11.9 Å². The molecule has 12 heavy (non-hydrogen) atoms. The predicted molar refractivity (Wildman–Crippen MR) is 58.5 cm³/mol. The highest BCUT2D eigenvalue weighted by atomic mass is 14.9. The molecule has 0 saturated heterocycles. The highest BCUT2D eigenvalue weighted by molar-refractivity contribution is 5.75. The van der Waals surface area contributed by atoms with Crippen LogP contribution in [0, 0.1) is 0 Å². The molecule has 0 unspecified atom stereocenters. The zero-order valence-corrected chi connectivity index (χ0v) is 6.38. The van der Waals surface area contributed by atoms with Crippen molar-refractivity contribution in [3.63, 3.8) is 0 Å². The molecule has 0 spiro atoms. The lowest BCUT2D eigenvalue weighted by molar-refractivity contribution is 1.08. The van der Waals surface area contributed by atoms with E-state index in [-0.39, 0.29) is 8.41 Å². The van der Waals surface area contributed by atoms with Gasteiger partial charge in [0.2, 0.25) is 0 Å². The fourth-order valence-corrected chi connectivity index (χ4v) is 1.30. The normalized spacial score (nSPS) is 13.7. The average molecular weight is 159 g/mol. The van der Waals surface area contributed by atoms with Crippen LogP contribution in [0.3, 0.4) is 0 Å². The zero-order valence-electron chi connectivity index (χ0n) is 6.38. The summed E-state index contributed by atoms with van der Waals surface area (Å²) in [5.41, 5.74) is 2.55. The van der Waals surface area contributed by atoms with Gasteiger partial charge in [-0.25, -0.2) is 0 Å². The minimum Gasteiger partial charge on any atom is -0.384 e. The lowest BCUT2D eigenvalue weighted by atomic mass is 10.2. The molecule has 1 aromatic carbocycles. The molecule has 1 N–H and O–H groups in total. The summed E-state index contributed by atoms with van der Waals surface area (Å²) >= 11 is 0. The molecule has 0 bridgehead atoms. The Labute approximate surface area is 75.1 Å². The molecule has 1 heterocycles. The average Bonchev–Trinajstić information content (AvgIpc) is 2.28. The lowest BCUT2D eigenvalue weighted by Crippen LogP contribution is -1.98. The van der Waals surface area contributed by atoms with Crippen LogP contribution in [-0.2, 0) is 0 Å². The van der Waals surface area contributed by atoms with E-state index >= 15 is 0 Å². The second-order valence-electron chi connectivity index (χ2n) is 2.71. The second kappa shape index (κ2) is 4.00. The number of para-hydroxylation sites is 1. The van der Waals surface area contributed by atoms with E-state index in [0.717, 1.165) is 13.0 Å². The van der Waals surface area contributed by atoms with E-state index in [1.165, 1.54) is 11.3 Å². The molecule has 0 atom stereocenters. The maximum Gasteiger partial charge on any atom is 0.0814 e. The molecule has 1 aliphatic rings. The van der Waals surface area contributed by atoms with Crippen LogP contribution in [0.2, 0.25) is 0 Å². The van der Waals surface area contributed by atoms with Gasteiger partial charge in [0, 0.05) is 12.2 Å². The van der Waals surface area contributed by atoms with E-state index in [9.17, 15) is 0 Å². The van der Waals surface area contributed by atoms with Gasteiger partial charge in [-0.15, -0.1) is 0 Å². The Morgan fingerprint density at radius 2 is 2.00 bits per heavy atom. The van der Waals surface area contributed by atoms with Gasteiger partial charge in [-0.2, -0.15) is 0 Å². The summed E-state index contributed by atoms with van der Waals surface area (Å²) in [7, 11) is 0. The number of rotatable bonds is 0. The standard InChI is InChI=1S/C10H11N.BH3/c1-2-7-10-9(5-1)6-3-4-8-11-10;/h1-3,5-7,11H,4,8H2;1H3. The molecular weight excluding hydrogens is 145 g/mol. The van der Waals surface area contributed by atoms with Crippen LogP contribution in [0.1, 0.15) is 12.0 Å². The monoisotopic (exact) mass is 159 g/mol. The lowest BCUT2D eigenvalue weighted by Gasteiger charge is -2.04. The van der Waals surface area contributed by atoms with E-state index in [0.29, 0.717) is 0 Å². The van der Waals surface area contributed by atoms with Gasteiger partial charge in [0.15, 0.2) is 0 Å². The quantitative estimate of drug-likeness (QED) is 0.563. The van der Waals surface area contributed by atoms with Crippen LogP contribution in [0.25, 0.3) is 6.08 Å². The van der Waals surface area contributed by atoms with Crippen LogP contribution in [0.15, 0.2) is 30.3 Å². The molecular formula is C10H14BN. The van der Waals surface area contributed by atoms with Gasteiger partial charge in [-0.1, -0.05) is 30.4 Å². The molecule has 62 valence electrons. The van der Waals surface area contributed by atoms with Gasteiger partial charge >= 0.3 is 0 Å². The van der Waals surface area contributed by atoms with Crippen LogP contribution < -0.4 is 5.32 Å². The third kappa shape index (κ3) is 1.70.